The summed E-state index contributed by atoms with van der Waals surface area (Å²) in [6, 6.07) is 4.37. The van der Waals surface area contributed by atoms with Gasteiger partial charge in [0.2, 0.25) is 0 Å². The molecule has 0 aliphatic carbocycles. The summed E-state index contributed by atoms with van der Waals surface area (Å²) in [5.41, 5.74) is 0.696. The summed E-state index contributed by atoms with van der Waals surface area (Å²) in [5.74, 6) is 0.606. The van der Waals surface area contributed by atoms with E-state index >= 15 is 0 Å². The minimum atomic E-state index is -4.20. The Labute approximate surface area is 114 Å². The van der Waals surface area contributed by atoms with Crippen LogP contribution >= 0.6 is 0 Å². The van der Waals surface area contributed by atoms with Crippen molar-refractivity contribution in [3.63, 3.8) is 0 Å². The SMILES string of the molecule is CCCN(CCC)c1cc(S(=O)(=O)O)ccc1OC. The quantitative estimate of drug-likeness (QED) is 0.781. The van der Waals surface area contributed by atoms with E-state index in [1.54, 1.807) is 13.2 Å². The monoisotopic (exact) mass is 287 g/mol. The van der Waals surface area contributed by atoms with Crippen molar-refractivity contribution in [1.29, 1.82) is 0 Å². The molecule has 0 amide bonds. The first-order chi connectivity index (χ1) is 8.93. The number of nitrogens with zero attached hydrogens (tertiary/aromatic N) is 1. The van der Waals surface area contributed by atoms with Gasteiger partial charge < -0.3 is 9.64 Å². The van der Waals surface area contributed by atoms with Gasteiger partial charge in [-0.1, -0.05) is 13.8 Å². The van der Waals surface area contributed by atoms with E-state index in [0.29, 0.717) is 11.4 Å². The Morgan fingerprint density at radius 2 is 1.79 bits per heavy atom. The summed E-state index contributed by atoms with van der Waals surface area (Å²) in [4.78, 5) is 1.95. The first-order valence-electron chi connectivity index (χ1n) is 6.34. The number of methoxy groups -OCH3 is 1. The van der Waals surface area contributed by atoms with Crippen LogP contribution in [0.5, 0.6) is 5.75 Å². The molecule has 0 radical (unpaired) electrons. The number of anilines is 1. The molecule has 1 N–H and O–H groups in total. The largest absolute Gasteiger partial charge is 0.495 e. The molecule has 108 valence electrons. The van der Waals surface area contributed by atoms with Crippen molar-refractivity contribution in [2.45, 2.75) is 31.6 Å². The summed E-state index contributed by atoms with van der Waals surface area (Å²) in [5, 5.41) is 0. The fraction of sp³-hybridized carbons (Fsp3) is 0.538. The molecule has 0 spiro atoms. The summed E-state index contributed by atoms with van der Waals surface area (Å²) in [6.45, 7) is 5.72. The summed E-state index contributed by atoms with van der Waals surface area (Å²) in [7, 11) is -2.65. The van der Waals surface area contributed by atoms with Crippen molar-refractivity contribution in [3.05, 3.63) is 18.2 Å². The Kier molecular flexibility index (Phi) is 5.62. The molecule has 6 heteroatoms. The van der Waals surface area contributed by atoms with Crippen LogP contribution in [0.25, 0.3) is 0 Å². The minimum Gasteiger partial charge on any atom is -0.495 e. The minimum absolute atomic E-state index is 0.111. The fourth-order valence-electron chi connectivity index (χ4n) is 1.97. The maximum atomic E-state index is 11.2. The Morgan fingerprint density at radius 3 is 2.21 bits per heavy atom. The van der Waals surface area contributed by atoms with E-state index in [1.807, 2.05) is 0 Å². The van der Waals surface area contributed by atoms with E-state index in [-0.39, 0.29) is 4.90 Å². The van der Waals surface area contributed by atoms with Gasteiger partial charge in [0.25, 0.3) is 10.1 Å². The second kappa shape index (κ2) is 6.77. The lowest BCUT2D eigenvalue weighted by molar-refractivity contribution is 0.413. The zero-order valence-corrected chi connectivity index (χ0v) is 12.4. The molecule has 0 aromatic heterocycles. The maximum absolute atomic E-state index is 11.2. The lowest BCUT2D eigenvalue weighted by Gasteiger charge is -2.26. The summed E-state index contributed by atoms with van der Waals surface area (Å²) in [6.07, 6.45) is 1.89. The van der Waals surface area contributed by atoms with Crippen LogP contribution in [0.1, 0.15) is 26.7 Å². The van der Waals surface area contributed by atoms with Crippen LogP contribution in [0.3, 0.4) is 0 Å². The van der Waals surface area contributed by atoms with Crippen molar-refractivity contribution in [2.75, 3.05) is 25.1 Å². The molecule has 1 aromatic carbocycles. The molecular formula is C13H21NO4S. The molecule has 1 rings (SSSR count). The Balaban J connectivity index is 3.27. The van der Waals surface area contributed by atoms with Gasteiger partial charge in [-0.3, -0.25) is 4.55 Å². The van der Waals surface area contributed by atoms with Crippen molar-refractivity contribution < 1.29 is 17.7 Å². The van der Waals surface area contributed by atoms with Gasteiger partial charge in [0, 0.05) is 13.1 Å². The highest BCUT2D eigenvalue weighted by molar-refractivity contribution is 7.85. The molecule has 5 nitrogen and oxygen atoms in total. The topological polar surface area (TPSA) is 66.8 Å². The molecule has 0 aliphatic heterocycles. The van der Waals surface area contributed by atoms with Gasteiger partial charge >= 0.3 is 0 Å². The zero-order valence-electron chi connectivity index (χ0n) is 11.6. The van der Waals surface area contributed by atoms with Crippen LogP contribution in [0, 0.1) is 0 Å². The second-order valence-electron chi connectivity index (χ2n) is 4.30. The molecule has 0 aliphatic rings. The Hall–Kier alpha value is -1.27. The van der Waals surface area contributed by atoms with E-state index in [2.05, 4.69) is 18.7 Å². The van der Waals surface area contributed by atoms with Crippen molar-refractivity contribution in [1.82, 2.24) is 0 Å². The Morgan fingerprint density at radius 1 is 1.21 bits per heavy atom. The number of rotatable bonds is 7. The molecular weight excluding hydrogens is 266 g/mol. The van der Waals surface area contributed by atoms with Crippen molar-refractivity contribution >= 4 is 15.8 Å². The van der Waals surface area contributed by atoms with Gasteiger partial charge in [0.1, 0.15) is 5.75 Å². The van der Waals surface area contributed by atoms with Crippen LogP contribution in [0.4, 0.5) is 5.69 Å². The third kappa shape index (κ3) is 4.11. The fourth-order valence-corrected chi connectivity index (χ4v) is 2.47. The predicted octanol–water partition coefficient (Wildman–Crippen LogP) is 2.57. The molecule has 0 unspecified atom stereocenters. The average molecular weight is 287 g/mol. The Bertz CT molecular complexity index is 507. The average Bonchev–Trinajstić information content (AvgIpc) is 2.36. The van der Waals surface area contributed by atoms with Crippen LogP contribution in [0.2, 0.25) is 0 Å². The normalized spacial score (nSPS) is 11.4. The standard InChI is InChI=1S/C13H21NO4S/c1-4-8-14(9-5-2)12-10-11(19(15,16)17)6-7-13(12)18-3/h6-7,10H,4-5,8-9H2,1-3H3,(H,15,16,17). The van der Waals surface area contributed by atoms with E-state index in [4.69, 9.17) is 9.29 Å². The van der Waals surface area contributed by atoms with Crippen molar-refractivity contribution in [3.8, 4) is 5.75 Å². The van der Waals surface area contributed by atoms with Crippen LogP contribution in [-0.4, -0.2) is 33.2 Å². The number of ether oxygens (including phenoxy) is 1. The highest BCUT2D eigenvalue weighted by atomic mass is 32.2. The molecule has 0 heterocycles. The lowest BCUT2D eigenvalue weighted by atomic mass is 10.2. The molecule has 19 heavy (non-hydrogen) atoms. The van der Waals surface area contributed by atoms with E-state index in [9.17, 15) is 8.42 Å². The van der Waals surface area contributed by atoms with Crippen LogP contribution in [-0.2, 0) is 10.1 Å². The third-order valence-corrected chi connectivity index (χ3v) is 3.63. The molecule has 0 saturated heterocycles. The van der Waals surface area contributed by atoms with E-state index in [0.717, 1.165) is 25.9 Å². The van der Waals surface area contributed by atoms with Crippen LogP contribution in [0.15, 0.2) is 23.1 Å². The number of benzene rings is 1. The smallest absolute Gasteiger partial charge is 0.294 e. The number of hydrogen-bond donors (Lipinski definition) is 1. The van der Waals surface area contributed by atoms with E-state index in [1.165, 1.54) is 12.1 Å². The van der Waals surface area contributed by atoms with E-state index < -0.39 is 10.1 Å². The summed E-state index contributed by atoms with van der Waals surface area (Å²) < 4.78 is 36.8. The van der Waals surface area contributed by atoms with Gasteiger partial charge in [0.15, 0.2) is 0 Å². The lowest BCUT2D eigenvalue weighted by Crippen LogP contribution is -2.25. The molecule has 0 fully saturated rings. The highest BCUT2D eigenvalue weighted by Gasteiger charge is 2.16. The molecule has 0 atom stereocenters. The second-order valence-corrected chi connectivity index (χ2v) is 5.72. The van der Waals surface area contributed by atoms with Gasteiger partial charge in [0.05, 0.1) is 17.7 Å². The van der Waals surface area contributed by atoms with Crippen LogP contribution < -0.4 is 9.64 Å². The van der Waals surface area contributed by atoms with Crippen molar-refractivity contribution in [2.24, 2.45) is 0 Å². The molecule has 0 saturated carbocycles. The number of hydrogen-bond acceptors (Lipinski definition) is 4. The van der Waals surface area contributed by atoms with Gasteiger partial charge in [-0.05, 0) is 31.0 Å². The third-order valence-electron chi connectivity index (χ3n) is 2.78. The van der Waals surface area contributed by atoms with Gasteiger partial charge in [-0.15, -0.1) is 0 Å². The molecule has 1 aromatic rings. The highest BCUT2D eigenvalue weighted by Crippen LogP contribution is 2.31. The first-order valence-corrected chi connectivity index (χ1v) is 7.78. The van der Waals surface area contributed by atoms with Gasteiger partial charge in [-0.2, -0.15) is 8.42 Å². The predicted molar refractivity (Wildman–Crippen MR) is 75.6 cm³/mol. The van der Waals surface area contributed by atoms with Gasteiger partial charge in [-0.25, -0.2) is 0 Å². The molecule has 0 bridgehead atoms. The summed E-state index contributed by atoms with van der Waals surface area (Å²) >= 11 is 0. The first kappa shape index (κ1) is 15.8. The maximum Gasteiger partial charge on any atom is 0.294 e. The zero-order chi connectivity index (χ0) is 14.5.